The summed E-state index contributed by atoms with van der Waals surface area (Å²) in [5.74, 6) is 0.539. The van der Waals surface area contributed by atoms with Crippen LogP contribution in [-0.4, -0.2) is 10.2 Å². The van der Waals surface area contributed by atoms with Gasteiger partial charge in [-0.1, -0.05) is 37.6 Å². The molecule has 0 atom stereocenters. The molecule has 2 N–H and O–H groups in total. The molecule has 0 aromatic heterocycles. The number of phenols is 2. The predicted octanol–water partition coefficient (Wildman–Crippen LogP) is 3.20. The van der Waals surface area contributed by atoms with Crippen LogP contribution >= 0.6 is 0 Å². The van der Waals surface area contributed by atoms with Crippen LogP contribution in [0.5, 0.6) is 11.5 Å². The van der Waals surface area contributed by atoms with Gasteiger partial charge in [-0.3, -0.25) is 0 Å². The molecule has 2 rings (SSSR count). The molecule has 0 spiro atoms. The molecular weight excluding hydrogens is 188 g/mol. The highest BCUT2D eigenvalue weighted by molar-refractivity contribution is 5.93. The van der Waals surface area contributed by atoms with Crippen LogP contribution in [-0.2, 0) is 6.42 Å². The molecule has 0 aliphatic heterocycles. The summed E-state index contributed by atoms with van der Waals surface area (Å²) < 4.78 is 0. The van der Waals surface area contributed by atoms with E-state index in [0.29, 0.717) is 11.1 Å². The molecular formula is C13H14O2. The van der Waals surface area contributed by atoms with Crippen molar-refractivity contribution in [1.82, 2.24) is 0 Å². The Morgan fingerprint density at radius 2 is 1.73 bits per heavy atom. The van der Waals surface area contributed by atoms with E-state index in [1.54, 1.807) is 12.1 Å². The number of aromatic hydroxyl groups is 2. The maximum absolute atomic E-state index is 9.99. The first-order chi connectivity index (χ1) is 7.24. The van der Waals surface area contributed by atoms with Crippen LogP contribution in [0.2, 0.25) is 0 Å². The van der Waals surface area contributed by atoms with Crippen molar-refractivity contribution in [3.8, 4) is 11.5 Å². The Kier molecular flexibility index (Phi) is 2.50. The number of phenolic OH excluding ortho intramolecular Hbond substituents is 2. The molecule has 2 nitrogen and oxygen atoms in total. The third-order valence-electron chi connectivity index (χ3n) is 2.59. The molecule has 2 aromatic rings. The number of hydrogen-bond donors (Lipinski definition) is 2. The lowest BCUT2D eigenvalue weighted by molar-refractivity contribution is 0.463. The van der Waals surface area contributed by atoms with Crippen LogP contribution in [0.1, 0.15) is 18.9 Å². The van der Waals surface area contributed by atoms with Crippen molar-refractivity contribution in [1.29, 1.82) is 0 Å². The molecule has 2 aromatic carbocycles. The minimum absolute atomic E-state index is 0.242. The van der Waals surface area contributed by atoms with Gasteiger partial charge in [-0.2, -0.15) is 0 Å². The van der Waals surface area contributed by atoms with Gasteiger partial charge in [0.15, 0.2) is 0 Å². The van der Waals surface area contributed by atoms with Gasteiger partial charge in [0.25, 0.3) is 0 Å². The minimum Gasteiger partial charge on any atom is -0.507 e. The largest absolute Gasteiger partial charge is 0.507 e. The predicted molar refractivity (Wildman–Crippen MR) is 61.3 cm³/mol. The number of benzene rings is 2. The highest BCUT2D eigenvalue weighted by Crippen LogP contribution is 2.35. The van der Waals surface area contributed by atoms with Crippen LogP contribution in [0.25, 0.3) is 10.8 Å². The molecule has 0 bridgehead atoms. The van der Waals surface area contributed by atoms with Crippen molar-refractivity contribution in [2.75, 3.05) is 0 Å². The summed E-state index contributed by atoms with van der Waals surface area (Å²) in [6.45, 7) is 2.05. The van der Waals surface area contributed by atoms with E-state index >= 15 is 0 Å². The Morgan fingerprint density at radius 3 is 2.40 bits per heavy atom. The van der Waals surface area contributed by atoms with Gasteiger partial charge in [0.1, 0.15) is 11.5 Å². The SMILES string of the molecule is CCCc1cc(O)c2ccccc2c1O. The molecule has 0 aliphatic carbocycles. The van der Waals surface area contributed by atoms with E-state index in [4.69, 9.17) is 0 Å². The summed E-state index contributed by atoms with van der Waals surface area (Å²) in [4.78, 5) is 0. The van der Waals surface area contributed by atoms with E-state index in [2.05, 4.69) is 0 Å². The topological polar surface area (TPSA) is 40.5 Å². The summed E-state index contributed by atoms with van der Waals surface area (Å²) in [6.07, 6.45) is 1.73. The van der Waals surface area contributed by atoms with Crippen LogP contribution in [0.15, 0.2) is 30.3 Å². The highest BCUT2D eigenvalue weighted by Gasteiger charge is 2.09. The Hall–Kier alpha value is -1.70. The molecule has 0 saturated heterocycles. The summed E-state index contributed by atoms with van der Waals surface area (Å²) in [5.41, 5.74) is 0.814. The van der Waals surface area contributed by atoms with Crippen LogP contribution in [0.3, 0.4) is 0 Å². The van der Waals surface area contributed by atoms with E-state index in [-0.39, 0.29) is 5.75 Å². The molecule has 15 heavy (non-hydrogen) atoms. The first-order valence-corrected chi connectivity index (χ1v) is 5.16. The van der Waals surface area contributed by atoms with Gasteiger partial charge < -0.3 is 10.2 Å². The second-order valence-corrected chi connectivity index (χ2v) is 3.70. The van der Waals surface area contributed by atoms with Gasteiger partial charge in [-0.25, -0.2) is 0 Å². The summed E-state index contributed by atoms with van der Waals surface area (Å²) in [7, 11) is 0. The van der Waals surface area contributed by atoms with Crippen molar-refractivity contribution in [2.45, 2.75) is 19.8 Å². The van der Waals surface area contributed by atoms with Crippen molar-refractivity contribution < 1.29 is 10.2 Å². The molecule has 0 fully saturated rings. The fourth-order valence-electron chi connectivity index (χ4n) is 1.86. The molecule has 0 unspecified atom stereocenters. The second kappa shape index (κ2) is 3.81. The highest BCUT2D eigenvalue weighted by atomic mass is 16.3. The fraction of sp³-hybridized carbons (Fsp3) is 0.231. The molecule has 0 aliphatic rings. The minimum atomic E-state index is 0.242. The zero-order valence-corrected chi connectivity index (χ0v) is 8.70. The van der Waals surface area contributed by atoms with Crippen molar-refractivity contribution >= 4 is 10.8 Å². The second-order valence-electron chi connectivity index (χ2n) is 3.70. The van der Waals surface area contributed by atoms with Crippen LogP contribution < -0.4 is 0 Å². The third-order valence-corrected chi connectivity index (χ3v) is 2.59. The van der Waals surface area contributed by atoms with Gasteiger partial charge in [-0.05, 0) is 18.1 Å². The molecule has 2 heteroatoms. The number of hydrogen-bond acceptors (Lipinski definition) is 2. The molecule has 0 heterocycles. The van der Waals surface area contributed by atoms with Crippen LogP contribution in [0, 0.1) is 0 Å². The lowest BCUT2D eigenvalue weighted by atomic mass is 10.0. The maximum Gasteiger partial charge on any atom is 0.126 e. The fourth-order valence-corrected chi connectivity index (χ4v) is 1.86. The Bertz CT molecular complexity index is 489. The Balaban J connectivity index is 2.72. The van der Waals surface area contributed by atoms with E-state index in [0.717, 1.165) is 23.8 Å². The molecule has 78 valence electrons. The van der Waals surface area contributed by atoms with Gasteiger partial charge in [0, 0.05) is 10.8 Å². The summed E-state index contributed by atoms with van der Waals surface area (Å²) in [5, 5.41) is 21.2. The van der Waals surface area contributed by atoms with E-state index in [9.17, 15) is 10.2 Å². The monoisotopic (exact) mass is 202 g/mol. The summed E-state index contributed by atoms with van der Waals surface area (Å²) in [6, 6.07) is 8.99. The van der Waals surface area contributed by atoms with Crippen molar-refractivity contribution in [3.05, 3.63) is 35.9 Å². The summed E-state index contributed by atoms with van der Waals surface area (Å²) >= 11 is 0. The lowest BCUT2D eigenvalue weighted by Crippen LogP contribution is -1.86. The molecule has 0 radical (unpaired) electrons. The van der Waals surface area contributed by atoms with Gasteiger partial charge in [-0.15, -0.1) is 0 Å². The number of rotatable bonds is 2. The number of fused-ring (bicyclic) bond motifs is 1. The lowest BCUT2D eigenvalue weighted by Gasteiger charge is -2.08. The average molecular weight is 202 g/mol. The van der Waals surface area contributed by atoms with E-state index < -0.39 is 0 Å². The zero-order chi connectivity index (χ0) is 10.8. The third kappa shape index (κ3) is 1.63. The van der Waals surface area contributed by atoms with Gasteiger partial charge in [0.2, 0.25) is 0 Å². The molecule has 0 amide bonds. The normalized spacial score (nSPS) is 10.7. The zero-order valence-electron chi connectivity index (χ0n) is 8.70. The van der Waals surface area contributed by atoms with Gasteiger partial charge >= 0.3 is 0 Å². The first kappa shape index (κ1) is 9.84. The van der Waals surface area contributed by atoms with Crippen molar-refractivity contribution in [2.24, 2.45) is 0 Å². The molecule has 0 saturated carbocycles. The van der Waals surface area contributed by atoms with Crippen molar-refractivity contribution in [3.63, 3.8) is 0 Å². The van der Waals surface area contributed by atoms with E-state index in [1.807, 2.05) is 25.1 Å². The smallest absolute Gasteiger partial charge is 0.126 e. The Labute approximate surface area is 88.8 Å². The standard InChI is InChI=1S/C13H14O2/c1-2-5-9-8-12(14)10-6-3-4-7-11(10)13(9)15/h3-4,6-8,14-15H,2,5H2,1H3. The van der Waals surface area contributed by atoms with E-state index in [1.165, 1.54) is 0 Å². The first-order valence-electron chi connectivity index (χ1n) is 5.16. The average Bonchev–Trinajstić information content (AvgIpc) is 2.26. The van der Waals surface area contributed by atoms with Crippen LogP contribution in [0.4, 0.5) is 0 Å². The van der Waals surface area contributed by atoms with Gasteiger partial charge in [0.05, 0.1) is 0 Å². The number of aryl methyl sites for hydroxylation is 1. The maximum atomic E-state index is 9.99. The quantitative estimate of drug-likeness (QED) is 0.734. The Morgan fingerprint density at radius 1 is 1.07 bits per heavy atom.